The molecule has 3 nitrogen and oxygen atoms in total. The number of thioether (sulfide) groups is 1. The summed E-state index contributed by atoms with van der Waals surface area (Å²) in [5.74, 6) is 0.297. The third-order valence-corrected chi connectivity index (χ3v) is 6.14. The van der Waals surface area contributed by atoms with Crippen molar-refractivity contribution in [2.75, 3.05) is 11.6 Å². The Morgan fingerprint density at radius 3 is 2.44 bits per heavy atom. The summed E-state index contributed by atoms with van der Waals surface area (Å²) in [6.45, 7) is 4.36. The van der Waals surface area contributed by atoms with Gasteiger partial charge in [0.05, 0.1) is 5.69 Å². The molecule has 3 aromatic carbocycles. The molecule has 1 N–H and O–H groups in total. The average molecular weight is 439 g/mol. The highest BCUT2D eigenvalue weighted by Gasteiger charge is 2.15. The summed E-state index contributed by atoms with van der Waals surface area (Å²) >= 11 is 1.67. The smallest absolute Gasteiger partial charge is 0.256 e. The van der Waals surface area contributed by atoms with Gasteiger partial charge in [0.1, 0.15) is 0 Å². The SMILES string of the molecule is CSc1ccc(C(=O)Nc2cccc(-c3ccccn3)c2)c(-c2cccc(C(C)C)c2)c1. The summed E-state index contributed by atoms with van der Waals surface area (Å²) in [7, 11) is 0. The van der Waals surface area contributed by atoms with Gasteiger partial charge in [-0.2, -0.15) is 0 Å². The van der Waals surface area contributed by atoms with Crippen molar-refractivity contribution >= 4 is 23.4 Å². The zero-order valence-corrected chi connectivity index (χ0v) is 19.3. The molecular weight excluding hydrogens is 412 g/mol. The summed E-state index contributed by atoms with van der Waals surface area (Å²) in [6, 6.07) is 28.1. The van der Waals surface area contributed by atoms with Crippen LogP contribution < -0.4 is 5.32 Å². The van der Waals surface area contributed by atoms with Crippen molar-refractivity contribution in [3.8, 4) is 22.4 Å². The van der Waals surface area contributed by atoms with Crippen LogP contribution in [0, 0.1) is 0 Å². The minimum atomic E-state index is -0.124. The molecule has 0 unspecified atom stereocenters. The highest BCUT2D eigenvalue weighted by Crippen LogP contribution is 2.31. The lowest BCUT2D eigenvalue weighted by Gasteiger charge is -2.14. The Morgan fingerprint density at radius 1 is 0.875 bits per heavy atom. The topological polar surface area (TPSA) is 42.0 Å². The average Bonchev–Trinajstić information content (AvgIpc) is 2.84. The summed E-state index contributed by atoms with van der Waals surface area (Å²) in [6.07, 6.45) is 3.82. The second-order valence-electron chi connectivity index (χ2n) is 7.94. The van der Waals surface area contributed by atoms with E-state index in [1.807, 2.05) is 60.9 Å². The number of nitrogens with one attached hydrogen (secondary N) is 1. The van der Waals surface area contributed by atoms with Gasteiger partial charge in [0.25, 0.3) is 5.91 Å². The third kappa shape index (κ3) is 4.92. The number of rotatable bonds is 6. The van der Waals surface area contributed by atoms with Crippen molar-refractivity contribution in [1.29, 1.82) is 0 Å². The molecule has 1 heterocycles. The fourth-order valence-corrected chi connectivity index (χ4v) is 4.08. The molecule has 4 aromatic rings. The van der Waals surface area contributed by atoms with E-state index in [9.17, 15) is 4.79 Å². The summed E-state index contributed by atoms with van der Waals surface area (Å²) in [5.41, 5.74) is 6.50. The Balaban J connectivity index is 1.68. The van der Waals surface area contributed by atoms with Crippen LogP contribution in [-0.4, -0.2) is 17.1 Å². The first-order valence-corrected chi connectivity index (χ1v) is 11.9. The molecule has 1 amide bonds. The first kappa shape index (κ1) is 21.8. The van der Waals surface area contributed by atoms with E-state index in [0.29, 0.717) is 11.5 Å². The highest BCUT2D eigenvalue weighted by molar-refractivity contribution is 7.98. The summed E-state index contributed by atoms with van der Waals surface area (Å²) in [4.78, 5) is 18.9. The number of carbonyl (C=O) groups is 1. The maximum atomic E-state index is 13.3. The molecule has 4 rings (SSSR count). The molecule has 0 fully saturated rings. The van der Waals surface area contributed by atoms with Gasteiger partial charge < -0.3 is 5.32 Å². The molecule has 160 valence electrons. The van der Waals surface area contributed by atoms with Gasteiger partial charge in [-0.1, -0.05) is 56.3 Å². The molecule has 0 aliphatic rings. The van der Waals surface area contributed by atoms with E-state index in [0.717, 1.165) is 33.0 Å². The van der Waals surface area contributed by atoms with E-state index >= 15 is 0 Å². The number of aromatic nitrogens is 1. The largest absolute Gasteiger partial charge is 0.322 e. The van der Waals surface area contributed by atoms with Crippen LogP contribution in [0.5, 0.6) is 0 Å². The Labute approximate surface area is 193 Å². The standard InChI is InChI=1S/C28H26N2OS/c1-19(2)20-8-6-9-21(16-20)26-18-24(32-3)13-14-25(26)28(31)30-23-11-7-10-22(17-23)27-12-4-5-15-29-27/h4-19H,1-3H3,(H,30,31). The molecule has 1 aromatic heterocycles. The van der Waals surface area contributed by atoms with Gasteiger partial charge in [-0.25, -0.2) is 0 Å². The first-order valence-electron chi connectivity index (χ1n) is 10.7. The lowest BCUT2D eigenvalue weighted by Crippen LogP contribution is -2.13. The Morgan fingerprint density at radius 2 is 1.69 bits per heavy atom. The predicted octanol–water partition coefficient (Wildman–Crippen LogP) is 7.51. The molecule has 0 atom stereocenters. The van der Waals surface area contributed by atoms with Crippen LogP contribution in [-0.2, 0) is 0 Å². The normalized spacial score (nSPS) is 10.9. The zero-order chi connectivity index (χ0) is 22.5. The molecule has 0 spiro atoms. The van der Waals surface area contributed by atoms with Gasteiger partial charge in [-0.05, 0) is 71.3 Å². The van der Waals surface area contributed by atoms with Crippen molar-refractivity contribution in [2.45, 2.75) is 24.7 Å². The van der Waals surface area contributed by atoms with E-state index < -0.39 is 0 Å². The maximum absolute atomic E-state index is 13.3. The molecule has 4 heteroatoms. The number of benzene rings is 3. The zero-order valence-electron chi connectivity index (χ0n) is 18.5. The molecule has 0 bridgehead atoms. The van der Waals surface area contributed by atoms with E-state index in [1.165, 1.54) is 5.56 Å². The number of anilines is 1. The Kier molecular flexibility index (Phi) is 6.72. The maximum Gasteiger partial charge on any atom is 0.256 e. The van der Waals surface area contributed by atoms with Gasteiger partial charge in [0.15, 0.2) is 0 Å². The van der Waals surface area contributed by atoms with Crippen LogP contribution in [0.25, 0.3) is 22.4 Å². The lowest BCUT2D eigenvalue weighted by atomic mass is 9.94. The van der Waals surface area contributed by atoms with E-state index in [4.69, 9.17) is 0 Å². The fraction of sp³-hybridized carbons (Fsp3) is 0.143. The molecule has 32 heavy (non-hydrogen) atoms. The van der Waals surface area contributed by atoms with Crippen LogP contribution in [0.3, 0.4) is 0 Å². The Hall–Kier alpha value is -3.37. The number of nitrogens with zero attached hydrogens (tertiary/aromatic N) is 1. The molecule has 0 saturated heterocycles. The second-order valence-corrected chi connectivity index (χ2v) is 8.82. The van der Waals surface area contributed by atoms with Crippen molar-refractivity contribution in [2.24, 2.45) is 0 Å². The van der Waals surface area contributed by atoms with E-state index in [1.54, 1.807) is 18.0 Å². The predicted molar refractivity (Wildman–Crippen MR) is 135 cm³/mol. The quantitative estimate of drug-likeness (QED) is 0.317. The van der Waals surface area contributed by atoms with Crippen LogP contribution in [0.1, 0.15) is 35.7 Å². The molecular formula is C28H26N2OS. The molecule has 0 aliphatic carbocycles. The number of carbonyl (C=O) groups excluding carboxylic acids is 1. The van der Waals surface area contributed by atoms with E-state index in [2.05, 4.69) is 54.5 Å². The van der Waals surface area contributed by atoms with Gasteiger partial charge in [-0.3, -0.25) is 9.78 Å². The van der Waals surface area contributed by atoms with Crippen molar-refractivity contribution in [3.63, 3.8) is 0 Å². The number of amides is 1. The van der Waals surface area contributed by atoms with Gasteiger partial charge in [-0.15, -0.1) is 11.8 Å². The number of pyridine rings is 1. The highest BCUT2D eigenvalue weighted by atomic mass is 32.2. The van der Waals surface area contributed by atoms with Crippen molar-refractivity contribution in [3.05, 3.63) is 102 Å². The van der Waals surface area contributed by atoms with Crippen molar-refractivity contribution < 1.29 is 4.79 Å². The van der Waals surface area contributed by atoms with Crippen LogP contribution in [0.4, 0.5) is 5.69 Å². The van der Waals surface area contributed by atoms with Gasteiger partial charge >= 0.3 is 0 Å². The monoisotopic (exact) mass is 438 g/mol. The molecule has 0 radical (unpaired) electrons. The summed E-state index contributed by atoms with van der Waals surface area (Å²) in [5, 5.41) is 3.08. The first-order chi connectivity index (χ1) is 15.5. The molecule has 0 saturated carbocycles. The van der Waals surface area contributed by atoms with E-state index in [-0.39, 0.29) is 5.91 Å². The summed E-state index contributed by atoms with van der Waals surface area (Å²) < 4.78 is 0. The van der Waals surface area contributed by atoms with Crippen molar-refractivity contribution in [1.82, 2.24) is 4.98 Å². The minimum absolute atomic E-state index is 0.124. The van der Waals surface area contributed by atoms with Crippen LogP contribution in [0.15, 0.2) is 96.0 Å². The minimum Gasteiger partial charge on any atom is -0.322 e. The van der Waals surface area contributed by atoms with Crippen LogP contribution in [0.2, 0.25) is 0 Å². The second kappa shape index (κ2) is 9.84. The third-order valence-electron chi connectivity index (χ3n) is 5.42. The number of hydrogen-bond acceptors (Lipinski definition) is 3. The fourth-order valence-electron chi connectivity index (χ4n) is 3.64. The van der Waals surface area contributed by atoms with Gasteiger partial charge in [0, 0.05) is 27.9 Å². The Bertz CT molecular complexity index is 1240. The molecule has 0 aliphatic heterocycles. The number of hydrogen-bond donors (Lipinski definition) is 1. The van der Waals surface area contributed by atoms with Gasteiger partial charge in [0.2, 0.25) is 0 Å². The lowest BCUT2D eigenvalue weighted by molar-refractivity contribution is 0.102. The van der Waals surface area contributed by atoms with Crippen LogP contribution >= 0.6 is 11.8 Å².